The summed E-state index contributed by atoms with van der Waals surface area (Å²) in [6, 6.07) is 1.46. The van der Waals surface area contributed by atoms with Crippen LogP contribution in [0, 0.1) is 0 Å². The van der Waals surface area contributed by atoms with Gasteiger partial charge in [0.15, 0.2) is 5.78 Å². The molecule has 0 heterocycles. The summed E-state index contributed by atoms with van der Waals surface area (Å²) in [4.78, 5) is 12.0. The minimum Gasteiger partial charge on any atom is -0.507 e. The first-order valence-corrected chi connectivity index (χ1v) is 6.28. The van der Waals surface area contributed by atoms with Gasteiger partial charge in [-0.25, -0.2) is 0 Å². The topological polar surface area (TPSA) is 96.2 Å². The number of phenolic OH excluding ortho intramolecular Hbond substituents is 1. The maximum absolute atomic E-state index is 12.0. The molecule has 0 aliphatic heterocycles. The summed E-state index contributed by atoms with van der Waals surface area (Å²) >= 11 is 0. The first-order chi connectivity index (χ1) is 9.42. The van der Waals surface area contributed by atoms with Gasteiger partial charge in [0.25, 0.3) is 0 Å². The maximum Gasteiger partial charge on any atom is 0.169 e. The molecular weight excluding hydrogens is 264 g/mol. The van der Waals surface area contributed by atoms with Crippen LogP contribution in [0.25, 0.3) is 0 Å². The number of methoxy groups -OCH3 is 2. The molecule has 6 nitrogen and oxygen atoms in total. The van der Waals surface area contributed by atoms with Crippen LogP contribution in [0.3, 0.4) is 0 Å². The Kier molecular flexibility index (Phi) is 3.99. The Bertz CT molecular complexity index is 539. The van der Waals surface area contributed by atoms with Gasteiger partial charge in [-0.05, 0) is 13.0 Å². The van der Waals surface area contributed by atoms with Crippen molar-refractivity contribution in [3.8, 4) is 11.5 Å². The number of ether oxygens (including phenoxy) is 2. The summed E-state index contributed by atoms with van der Waals surface area (Å²) in [5, 5.41) is 30.0. The second-order valence-electron chi connectivity index (χ2n) is 4.82. The van der Waals surface area contributed by atoms with Crippen molar-refractivity contribution < 1.29 is 29.6 Å². The molecule has 1 aliphatic carbocycles. The van der Waals surface area contributed by atoms with Crippen molar-refractivity contribution >= 4 is 5.78 Å². The van der Waals surface area contributed by atoms with Gasteiger partial charge in [0, 0.05) is 19.1 Å². The third-order valence-corrected chi connectivity index (χ3v) is 3.67. The first kappa shape index (κ1) is 14.8. The van der Waals surface area contributed by atoms with Gasteiger partial charge < -0.3 is 24.8 Å². The van der Waals surface area contributed by atoms with Gasteiger partial charge in [0.2, 0.25) is 0 Å². The number of fused-ring (bicyclic) bond motifs is 1. The minimum absolute atomic E-state index is 0.0301. The predicted octanol–water partition coefficient (Wildman–Crippen LogP) is 1.09. The zero-order valence-corrected chi connectivity index (χ0v) is 11.6. The van der Waals surface area contributed by atoms with Crippen LogP contribution in [0.2, 0.25) is 0 Å². The largest absolute Gasteiger partial charge is 0.507 e. The van der Waals surface area contributed by atoms with Crippen molar-refractivity contribution in [2.45, 2.75) is 31.7 Å². The molecule has 0 bridgehead atoms. The summed E-state index contributed by atoms with van der Waals surface area (Å²) in [6.07, 6.45) is -3.11. The van der Waals surface area contributed by atoms with E-state index in [0.717, 1.165) is 0 Å². The Morgan fingerprint density at radius 1 is 1.35 bits per heavy atom. The average molecular weight is 282 g/mol. The van der Waals surface area contributed by atoms with E-state index in [1.54, 1.807) is 6.92 Å². The van der Waals surface area contributed by atoms with Crippen LogP contribution in [0.1, 0.15) is 47.0 Å². The van der Waals surface area contributed by atoms with Crippen molar-refractivity contribution in [3.05, 3.63) is 22.8 Å². The van der Waals surface area contributed by atoms with Gasteiger partial charge in [-0.3, -0.25) is 4.79 Å². The van der Waals surface area contributed by atoms with Gasteiger partial charge in [0.05, 0.1) is 30.4 Å². The Morgan fingerprint density at radius 3 is 2.55 bits per heavy atom. The van der Waals surface area contributed by atoms with E-state index in [2.05, 4.69) is 0 Å². The van der Waals surface area contributed by atoms with Crippen LogP contribution in [-0.2, 0) is 4.74 Å². The summed E-state index contributed by atoms with van der Waals surface area (Å²) in [6.45, 7) is 1.71. The van der Waals surface area contributed by atoms with E-state index < -0.39 is 24.1 Å². The van der Waals surface area contributed by atoms with Crippen molar-refractivity contribution in [1.29, 1.82) is 0 Å². The molecule has 3 N–H and O–H groups in total. The van der Waals surface area contributed by atoms with Gasteiger partial charge in [-0.1, -0.05) is 0 Å². The standard InChI is InChI=1S/C14H18O6/c1-6(19-2)11-10(20-3)4-7-12(14(11)18)8(15)5-9(16)13(7)17/h4,6,9,13,16-18H,5H2,1-3H3/t6?,9-,13-/m0/s1. The normalized spacial score (nSPS) is 23.4. The Hall–Kier alpha value is -1.63. The number of aliphatic hydroxyl groups excluding tert-OH is 2. The highest BCUT2D eigenvalue weighted by Gasteiger charge is 2.36. The van der Waals surface area contributed by atoms with Gasteiger partial charge in [-0.2, -0.15) is 0 Å². The molecule has 2 rings (SSSR count). The minimum atomic E-state index is -1.23. The molecule has 1 aromatic carbocycles. The zero-order valence-electron chi connectivity index (χ0n) is 11.6. The third-order valence-electron chi connectivity index (χ3n) is 3.67. The van der Waals surface area contributed by atoms with Crippen LogP contribution in [0.5, 0.6) is 11.5 Å². The van der Waals surface area contributed by atoms with Gasteiger partial charge in [0.1, 0.15) is 17.6 Å². The Labute approximate surface area is 116 Å². The fourth-order valence-electron chi connectivity index (χ4n) is 2.50. The van der Waals surface area contributed by atoms with Crippen molar-refractivity contribution in [2.24, 2.45) is 0 Å². The third kappa shape index (κ3) is 2.15. The molecule has 0 spiro atoms. The number of rotatable bonds is 3. The van der Waals surface area contributed by atoms with Crippen LogP contribution in [0.4, 0.5) is 0 Å². The zero-order chi connectivity index (χ0) is 15.0. The molecular formula is C14H18O6. The lowest BCUT2D eigenvalue weighted by Crippen LogP contribution is -2.29. The highest BCUT2D eigenvalue weighted by molar-refractivity contribution is 6.02. The Morgan fingerprint density at radius 2 is 2.00 bits per heavy atom. The number of aromatic hydroxyl groups is 1. The summed E-state index contributed by atoms with van der Waals surface area (Å²) < 4.78 is 10.4. The first-order valence-electron chi connectivity index (χ1n) is 6.28. The van der Waals surface area contributed by atoms with Crippen LogP contribution in [0.15, 0.2) is 6.07 Å². The highest BCUT2D eigenvalue weighted by Crippen LogP contribution is 2.44. The van der Waals surface area contributed by atoms with Crippen molar-refractivity contribution in [2.75, 3.05) is 14.2 Å². The lowest BCUT2D eigenvalue weighted by molar-refractivity contribution is 0.00818. The number of benzene rings is 1. The molecule has 6 heteroatoms. The molecule has 0 fully saturated rings. The molecule has 0 amide bonds. The fraction of sp³-hybridized carbons (Fsp3) is 0.500. The number of ketones is 1. The molecule has 0 saturated carbocycles. The molecule has 1 aliphatic rings. The van der Waals surface area contributed by atoms with Crippen LogP contribution >= 0.6 is 0 Å². The number of carbonyl (C=O) groups excluding carboxylic acids is 1. The second-order valence-corrected chi connectivity index (χ2v) is 4.82. The summed E-state index contributed by atoms with van der Waals surface area (Å²) in [5.74, 6) is -0.372. The molecule has 1 unspecified atom stereocenters. The molecule has 20 heavy (non-hydrogen) atoms. The monoisotopic (exact) mass is 282 g/mol. The van der Waals surface area contributed by atoms with E-state index >= 15 is 0 Å². The van der Waals surface area contributed by atoms with Crippen LogP contribution in [-0.4, -0.2) is 41.4 Å². The van der Waals surface area contributed by atoms with E-state index in [-0.39, 0.29) is 23.3 Å². The number of carbonyl (C=O) groups is 1. The molecule has 1 aromatic rings. The van der Waals surface area contributed by atoms with E-state index in [9.17, 15) is 20.1 Å². The quantitative estimate of drug-likeness (QED) is 0.768. The van der Waals surface area contributed by atoms with E-state index in [1.807, 2.05) is 0 Å². The van der Waals surface area contributed by atoms with Crippen molar-refractivity contribution in [3.63, 3.8) is 0 Å². The highest BCUT2D eigenvalue weighted by atomic mass is 16.5. The Balaban J connectivity index is 2.71. The van der Waals surface area contributed by atoms with Crippen LogP contribution < -0.4 is 4.74 Å². The smallest absolute Gasteiger partial charge is 0.169 e. The number of hydrogen-bond donors (Lipinski definition) is 3. The summed E-state index contributed by atoms with van der Waals surface area (Å²) in [5.41, 5.74) is 0.559. The summed E-state index contributed by atoms with van der Waals surface area (Å²) in [7, 11) is 2.89. The predicted molar refractivity (Wildman–Crippen MR) is 70.0 cm³/mol. The molecule has 0 radical (unpaired) electrons. The SMILES string of the molecule is COc1cc2c(c(O)c1C(C)OC)C(=O)C[C@H](O)[C@H]2O. The number of hydrogen-bond acceptors (Lipinski definition) is 6. The van der Waals surface area contributed by atoms with Gasteiger partial charge >= 0.3 is 0 Å². The molecule has 0 saturated heterocycles. The van der Waals surface area contributed by atoms with E-state index in [0.29, 0.717) is 11.3 Å². The average Bonchev–Trinajstić information content (AvgIpc) is 2.42. The van der Waals surface area contributed by atoms with E-state index in [4.69, 9.17) is 9.47 Å². The lowest BCUT2D eigenvalue weighted by Gasteiger charge is -2.28. The van der Waals surface area contributed by atoms with Gasteiger partial charge in [-0.15, -0.1) is 0 Å². The number of Topliss-reactive ketones (excluding diaryl/α,β-unsaturated/α-hetero) is 1. The molecule has 0 aromatic heterocycles. The molecule has 3 atom stereocenters. The molecule has 110 valence electrons. The lowest BCUT2D eigenvalue weighted by atomic mass is 9.83. The number of phenols is 1. The van der Waals surface area contributed by atoms with E-state index in [1.165, 1.54) is 20.3 Å². The van der Waals surface area contributed by atoms with Crippen molar-refractivity contribution in [1.82, 2.24) is 0 Å². The fourth-order valence-corrected chi connectivity index (χ4v) is 2.50. The number of aliphatic hydroxyl groups is 2. The maximum atomic E-state index is 12.0. The second kappa shape index (κ2) is 5.40.